The number of quaternary nitrogens is 1. The summed E-state index contributed by atoms with van der Waals surface area (Å²) < 4.78 is 31.7. The fourth-order valence-corrected chi connectivity index (χ4v) is 8.31. The number of rotatable bonds is 20. The van der Waals surface area contributed by atoms with Crippen molar-refractivity contribution < 1.29 is 83.3 Å². The number of carboxylic acid groups (broad SMARTS) is 2. The Bertz CT molecular complexity index is 2640. The van der Waals surface area contributed by atoms with Crippen molar-refractivity contribution >= 4 is 59.0 Å². The number of allylic oxidation sites excluding steroid dienone is 2. The van der Waals surface area contributed by atoms with E-state index in [1.54, 1.807) is 100 Å². The first-order valence-corrected chi connectivity index (χ1v) is 25.1. The predicted octanol–water partition coefficient (Wildman–Crippen LogP) is 4.52. The van der Waals surface area contributed by atoms with E-state index in [0.717, 1.165) is 0 Å². The number of benzene rings is 4. The van der Waals surface area contributed by atoms with E-state index in [9.17, 15) is 33.9 Å². The van der Waals surface area contributed by atoms with Gasteiger partial charge in [0, 0.05) is 40.4 Å². The van der Waals surface area contributed by atoms with Gasteiger partial charge in [0.1, 0.15) is 11.5 Å². The maximum Gasteiger partial charge on any atom is 0.336 e. The minimum atomic E-state index is -1.12. The van der Waals surface area contributed by atoms with Gasteiger partial charge in [-0.15, -0.1) is 0 Å². The molecule has 22 heteroatoms. The van der Waals surface area contributed by atoms with Gasteiger partial charge in [0.25, 0.3) is 0 Å². The SMILES string of the molecule is CCOC(=O)C1=C(COCCN)NC(C)=C(C(=O)OC)C1c1ccccc1Cl.CCOC(=O)C1=C(COCC[NH3+])NC(C)=C(C(=O)OC)C1c1ccccc1Cl.O=C(O)Cc1ccc(O)cc1.O=C([O-])Cc1ccc(O)cc1. The number of ether oxygens (including phenoxy) is 6. The van der Waals surface area contributed by atoms with Gasteiger partial charge in [-0.2, -0.15) is 0 Å². The summed E-state index contributed by atoms with van der Waals surface area (Å²) in [4.78, 5) is 71.2. The van der Waals surface area contributed by atoms with Crippen molar-refractivity contribution in [1.29, 1.82) is 0 Å². The number of halogens is 2. The molecule has 0 radical (unpaired) electrons. The summed E-state index contributed by atoms with van der Waals surface area (Å²) in [5.41, 5.74) is 15.1. The first-order valence-electron chi connectivity index (χ1n) is 24.3. The molecule has 0 amide bonds. The fraction of sp³-hybridized carbons (Fsp3) is 0.321. The van der Waals surface area contributed by atoms with Crippen LogP contribution in [0.4, 0.5) is 0 Å². The van der Waals surface area contributed by atoms with Crippen molar-refractivity contribution in [2.45, 2.75) is 52.4 Å². The number of aromatic hydroxyl groups is 2. The summed E-state index contributed by atoms with van der Waals surface area (Å²) in [6.07, 6.45) is -0.111. The van der Waals surface area contributed by atoms with Gasteiger partial charge in [-0.1, -0.05) is 83.9 Å². The Hall–Kier alpha value is -7.72. The number of esters is 4. The fourth-order valence-electron chi connectivity index (χ4n) is 7.82. The van der Waals surface area contributed by atoms with Gasteiger partial charge in [0.05, 0.1) is 112 Å². The molecule has 6 rings (SSSR count). The lowest BCUT2D eigenvalue weighted by Crippen LogP contribution is -2.52. The van der Waals surface area contributed by atoms with Gasteiger partial charge in [0.2, 0.25) is 0 Å². The molecule has 0 bridgehead atoms. The Morgan fingerprint density at radius 1 is 0.603 bits per heavy atom. The van der Waals surface area contributed by atoms with Gasteiger partial charge in [0.15, 0.2) is 0 Å². The number of carbonyl (C=O) groups excluding carboxylic acids is 5. The third-order valence-electron chi connectivity index (χ3n) is 11.1. The average molecular weight is 1120 g/mol. The normalized spacial score (nSPS) is 14.6. The number of methoxy groups -OCH3 is 2. The lowest BCUT2D eigenvalue weighted by Gasteiger charge is -2.31. The van der Waals surface area contributed by atoms with E-state index in [4.69, 9.17) is 72.7 Å². The molecule has 0 spiro atoms. The molecule has 78 heavy (non-hydrogen) atoms. The Labute approximate surface area is 462 Å². The number of phenolic OH excluding ortho intramolecular Hbond substituents is 2. The molecule has 2 unspecified atom stereocenters. The van der Waals surface area contributed by atoms with E-state index in [2.05, 4.69) is 16.4 Å². The summed E-state index contributed by atoms with van der Waals surface area (Å²) in [6.45, 7) is 9.26. The molecule has 2 aliphatic heterocycles. The van der Waals surface area contributed by atoms with Crippen LogP contribution in [0.2, 0.25) is 10.0 Å². The molecule has 4 aromatic rings. The van der Waals surface area contributed by atoms with Crippen molar-refractivity contribution in [3.05, 3.63) is 174 Å². The van der Waals surface area contributed by atoms with Crippen LogP contribution in [0.5, 0.6) is 11.5 Å². The molecule has 20 nitrogen and oxygen atoms in total. The topological polar surface area (TPSA) is 319 Å². The number of carbonyl (C=O) groups is 6. The molecular formula is C56H66Cl2N4O16. The number of aliphatic carboxylic acids is 2. The third kappa shape index (κ3) is 19.4. The van der Waals surface area contributed by atoms with Crippen LogP contribution in [-0.4, -0.2) is 118 Å². The van der Waals surface area contributed by atoms with Crippen LogP contribution in [0.3, 0.4) is 0 Å². The maximum absolute atomic E-state index is 12.9. The zero-order valence-corrected chi connectivity index (χ0v) is 45.7. The molecule has 0 saturated heterocycles. The first-order chi connectivity index (χ1) is 37.3. The van der Waals surface area contributed by atoms with Gasteiger partial charge in [-0.05, 0) is 86.3 Å². The standard InChI is InChI=1S/2C20H25ClN2O5.2C8H8O3/c2*1-4-28-20(25)18-15(11-27-10-9-22)23-12(2)16(19(24)26-3)17(18)13-7-5-6-8-14(13)21;2*9-7-3-1-6(2-4-7)5-8(10)11/h2*5-8,17,23H,4,9-11,22H2,1-3H3;2*1-4,9H,5H2,(H,10,11). The molecule has 0 saturated carbocycles. The van der Waals surface area contributed by atoms with Crippen molar-refractivity contribution in [2.24, 2.45) is 5.73 Å². The highest BCUT2D eigenvalue weighted by atomic mass is 35.5. The highest BCUT2D eigenvalue weighted by Gasteiger charge is 2.41. The van der Waals surface area contributed by atoms with Gasteiger partial charge < -0.3 is 75.7 Å². The predicted molar refractivity (Wildman–Crippen MR) is 286 cm³/mol. The summed E-state index contributed by atoms with van der Waals surface area (Å²) in [5.74, 6) is -5.38. The first kappa shape index (κ1) is 64.6. The van der Waals surface area contributed by atoms with Crippen LogP contribution in [0.25, 0.3) is 0 Å². The Kier molecular flexibility index (Phi) is 27.7. The van der Waals surface area contributed by atoms with E-state index in [1.807, 2.05) is 0 Å². The van der Waals surface area contributed by atoms with Gasteiger partial charge in [-0.3, -0.25) is 4.79 Å². The van der Waals surface area contributed by atoms with Crippen molar-refractivity contribution in [1.82, 2.24) is 10.6 Å². The second kappa shape index (κ2) is 33.4. The molecule has 2 aliphatic rings. The summed E-state index contributed by atoms with van der Waals surface area (Å²) in [7, 11) is 2.59. The van der Waals surface area contributed by atoms with E-state index in [-0.39, 0.29) is 61.9 Å². The monoisotopic (exact) mass is 1120 g/mol. The molecule has 2 heterocycles. The number of nitrogens with one attached hydrogen (secondary N) is 2. The van der Waals surface area contributed by atoms with Crippen LogP contribution in [-0.2, 0) is 70.0 Å². The van der Waals surface area contributed by atoms with Crippen LogP contribution in [0.1, 0.15) is 61.8 Å². The smallest absolute Gasteiger partial charge is 0.336 e. The summed E-state index contributed by atoms with van der Waals surface area (Å²) >= 11 is 12.9. The Morgan fingerprint density at radius 3 is 1.32 bits per heavy atom. The minimum Gasteiger partial charge on any atom is -0.550 e. The second-order valence-electron chi connectivity index (χ2n) is 16.6. The van der Waals surface area contributed by atoms with E-state index in [1.165, 1.54) is 38.5 Å². The van der Waals surface area contributed by atoms with Gasteiger partial charge in [-0.25, -0.2) is 19.2 Å². The van der Waals surface area contributed by atoms with Crippen molar-refractivity contribution in [3.63, 3.8) is 0 Å². The number of phenols is 2. The van der Waals surface area contributed by atoms with Crippen LogP contribution in [0.15, 0.2) is 142 Å². The lowest BCUT2D eigenvalue weighted by molar-refractivity contribution is -0.373. The molecule has 10 N–H and O–H groups in total. The maximum atomic E-state index is 12.9. The minimum absolute atomic E-state index is 0.000278. The van der Waals surface area contributed by atoms with Crippen LogP contribution >= 0.6 is 23.2 Å². The Morgan fingerprint density at radius 2 is 0.987 bits per heavy atom. The second-order valence-corrected chi connectivity index (χ2v) is 17.5. The van der Waals surface area contributed by atoms with E-state index >= 15 is 0 Å². The number of dihydropyridines is 2. The third-order valence-corrected chi connectivity index (χ3v) is 11.8. The lowest BCUT2D eigenvalue weighted by atomic mass is 9.80. The van der Waals surface area contributed by atoms with E-state index in [0.29, 0.717) is 92.5 Å². The van der Waals surface area contributed by atoms with Crippen LogP contribution < -0.4 is 27.2 Å². The summed E-state index contributed by atoms with van der Waals surface area (Å²) in [5, 5.41) is 43.2. The number of carboxylic acids is 2. The largest absolute Gasteiger partial charge is 0.550 e. The van der Waals surface area contributed by atoms with Crippen LogP contribution in [0, 0.1) is 0 Å². The van der Waals surface area contributed by atoms with Gasteiger partial charge >= 0.3 is 29.8 Å². The molecule has 420 valence electrons. The number of hydrogen-bond acceptors (Lipinski definition) is 18. The zero-order chi connectivity index (χ0) is 57.9. The highest BCUT2D eigenvalue weighted by molar-refractivity contribution is 6.32. The van der Waals surface area contributed by atoms with Crippen molar-refractivity contribution in [3.8, 4) is 11.5 Å². The molecule has 2 atom stereocenters. The Balaban J connectivity index is 0.000000298. The molecule has 0 fully saturated rings. The molecule has 4 aromatic carbocycles. The zero-order valence-electron chi connectivity index (χ0n) is 44.2. The van der Waals surface area contributed by atoms with E-state index < -0.39 is 47.7 Å². The molecule has 0 aromatic heterocycles. The number of nitrogens with two attached hydrogens (primary N) is 1. The summed E-state index contributed by atoms with van der Waals surface area (Å²) in [6, 6.07) is 26.2. The number of hydrogen-bond donors (Lipinski definition) is 7. The van der Waals surface area contributed by atoms with Crippen molar-refractivity contribution in [2.75, 3.05) is 67.0 Å². The quantitative estimate of drug-likeness (QED) is 0.0363. The highest BCUT2D eigenvalue weighted by Crippen LogP contribution is 2.43. The molecular weight excluding hydrogens is 1060 g/mol. The molecule has 0 aliphatic carbocycles. The average Bonchev–Trinajstić information content (AvgIpc) is 3.53.